The van der Waals surface area contributed by atoms with Crippen LogP contribution in [-0.2, 0) is 6.42 Å². The van der Waals surface area contributed by atoms with E-state index in [0.717, 1.165) is 12.0 Å². The zero-order chi connectivity index (χ0) is 13.1. The molecule has 0 aliphatic heterocycles. The van der Waals surface area contributed by atoms with Crippen LogP contribution in [0.4, 0.5) is 4.39 Å². The number of halogens is 1. The molecule has 2 aromatic rings. The molecule has 0 unspecified atom stereocenters. The van der Waals surface area contributed by atoms with Gasteiger partial charge in [-0.25, -0.2) is 4.39 Å². The molecule has 1 nitrogen and oxygen atoms in total. The van der Waals surface area contributed by atoms with Gasteiger partial charge in [0.1, 0.15) is 5.82 Å². The number of hydrogen-bond donors (Lipinski definition) is 0. The molecule has 0 aliphatic rings. The molecule has 0 aromatic heterocycles. The van der Waals surface area contributed by atoms with Crippen LogP contribution >= 0.6 is 0 Å². The van der Waals surface area contributed by atoms with Crippen molar-refractivity contribution in [2.45, 2.75) is 20.3 Å². The van der Waals surface area contributed by atoms with Gasteiger partial charge in [-0.15, -0.1) is 0 Å². The van der Waals surface area contributed by atoms with Crippen LogP contribution in [0.25, 0.3) is 0 Å². The molecule has 0 atom stereocenters. The number of aryl methyl sites for hydroxylation is 2. The fourth-order valence-corrected chi connectivity index (χ4v) is 1.89. The summed E-state index contributed by atoms with van der Waals surface area (Å²) < 4.78 is 13.2. The zero-order valence-corrected chi connectivity index (χ0v) is 10.5. The standard InChI is InChI=1S/C16H15FO/c1-3-12-5-4-6-13(10-12)16(18)14-7-8-15(17)11(2)9-14/h4-10H,3H2,1-2H3. The van der Waals surface area contributed by atoms with Gasteiger partial charge < -0.3 is 0 Å². The van der Waals surface area contributed by atoms with Crippen molar-refractivity contribution in [2.24, 2.45) is 0 Å². The summed E-state index contributed by atoms with van der Waals surface area (Å²) >= 11 is 0. The molecule has 2 aromatic carbocycles. The quantitative estimate of drug-likeness (QED) is 0.745. The SMILES string of the molecule is CCc1cccc(C(=O)c2ccc(F)c(C)c2)c1. The van der Waals surface area contributed by atoms with Gasteiger partial charge in [-0.2, -0.15) is 0 Å². The third-order valence-electron chi connectivity index (χ3n) is 3.02. The Morgan fingerprint density at radius 2 is 1.83 bits per heavy atom. The molecular formula is C16H15FO. The smallest absolute Gasteiger partial charge is 0.193 e. The molecule has 0 saturated heterocycles. The highest BCUT2D eigenvalue weighted by Crippen LogP contribution is 2.15. The molecule has 0 fully saturated rings. The van der Waals surface area contributed by atoms with E-state index in [2.05, 4.69) is 0 Å². The zero-order valence-electron chi connectivity index (χ0n) is 10.5. The van der Waals surface area contributed by atoms with E-state index in [1.54, 1.807) is 19.1 Å². The number of hydrogen-bond acceptors (Lipinski definition) is 1. The number of carbonyl (C=O) groups excluding carboxylic acids is 1. The number of benzene rings is 2. The molecule has 0 heterocycles. The van der Waals surface area contributed by atoms with Crippen molar-refractivity contribution < 1.29 is 9.18 Å². The maximum atomic E-state index is 13.2. The van der Waals surface area contributed by atoms with E-state index < -0.39 is 0 Å². The largest absolute Gasteiger partial charge is 0.289 e. The van der Waals surface area contributed by atoms with Gasteiger partial charge in [0.05, 0.1) is 0 Å². The lowest BCUT2D eigenvalue weighted by atomic mass is 9.99. The Kier molecular flexibility index (Phi) is 3.56. The minimum Gasteiger partial charge on any atom is -0.289 e. The molecule has 92 valence electrons. The number of rotatable bonds is 3. The van der Waals surface area contributed by atoms with Crippen LogP contribution in [0.15, 0.2) is 42.5 Å². The average molecular weight is 242 g/mol. The lowest BCUT2D eigenvalue weighted by Crippen LogP contribution is -2.02. The summed E-state index contributed by atoms with van der Waals surface area (Å²) in [5.41, 5.74) is 2.80. The summed E-state index contributed by atoms with van der Waals surface area (Å²) in [7, 11) is 0. The molecule has 0 radical (unpaired) electrons. The Labute approximate surface area is 106 Å². The van der Waals surface area contributed by atoms with E-state index in [9.17, 15) is 9.18 Å². The highest BCUT2D eigenvalue weighted by Gasteiger charge is 2.10. The van der Waals surface area contributed by atoms with Crippen molar-refractivity contribution in [1.29, 1.82) is 0 Å². The second-order valence-corrected chi connectivity index (χ2v) is 4.35. The van der Waals surface area contributed by atoms with Crippen LogP contribution in [0, 0.1) is 12.7 Å². The molecule has 0 spiro atoms. The third kappa shape index (κ3) is 2.48. The van der Waals surface area contributed by atoms with E-state index in [1.807, 2.05) is 25.1 Å². The molecule has 0 aliphatic carbocycles. The first-order valence-corrected chi connectivity index (χ1v) is 6.01. The van der Waals surface area contributed by atoms with E-state index >= 15 is 0 Å². The lowest BCUT2D eigenvalue weighted by Gasteiger charge is -2.05. The summed E-state index contributed by atoms with van der Waals surface area (Å²) in [6, 6.07) is 12.0. The van der Waals surface area contributed by atoms with Crippen molar-refractivity contribution in [3.8, 4) is 0 Å². The maximum Gasteiger partial charge on any atom is 0.193 e. The molecule has 2 heteroatoms. The molecule has 0 bridgehead atoms. The van der Waals surface area contributed by atoms with Crippen molar-refractivity contribution in [1.82, 2.24) is 0 Å². The Hall–Kier alpha value is -1.96. The van der Waals surface area contributed by atoms with Gasteiger partial charge in [-0.3, -0.25) is 4.79 Å². The highest BCUT2D eigenvalue weighted by molar-refractivity contribution is 6.09. The van der Waals surface area contributed by atoms with E-state index in [1.165, 1.54) is 12.1 Å². The monoisotopic (exact) mass is 242 g/mol. The Balaban J connectivity index is 2.38. The fourth-order valence-electron chi connectivity index (χ4n) is 1.89. The van der Waals surface area contributed by atoms with Gasteiger partial charge in [-0.05, 0) is 48.7 Å². The Bertz CT molecular complexity index is 587. The maximum absolute atomic E-state index is 13.2. The molecule has 0 amide bonds. The summed E-state index contributed by atoms with van der Waals surface area (Å²) in [6.07, 6.45) is 0.892. The Morgan fingerprint density at radius 1 is 1.11 bits per heavy atom. The van der Waals surface area contributed by atoms with Crippen LogP contribution in [-0.4, -0.2) is 5.78 Å². The second-order valence-electron chi connectivity index (χ2n) is 4.35. The first-order valence-electron chi connectivity index (χ1n) is 6.01. The lowest BCUT2D eigenvalue weighted by molar-refractivity contribution is 0.103. The number of carbonyl (C=O) groups is 1. The van der Waals surface area contributed by atoms with E-state index in [4.69, 9.17) is 0 Å². The molecule has 2 rings (SSSR count). The predicted molar refractivity (Wildman–Crippen MR) is 70.4 cm³/mol. The van der Waals surface area contributed by atoms with Crippen LogP contribution < -0.4 is 0 Å². The highest BCUT2D eigenvalue weighted by atomic mass is 19.1. The molecular weight excluding hydrogens is 227 g/mol. The van der Waals surface area contributed by atoms with Crippen molar-refractivity contribution in [3.05, 3.63) is 70.5 Å². The van der Waals surface area contributed by atoms with Gasteiger partial charge in [-0.1, -0.05) is 25.1 Å². The minimum atomic E-state index is -0.283. The topological polar surface area (TPSA) is 17.1 Å². The number of ketones is 1. The van der Waals surface area contributed by atoms with E-state index in [-0.39, 0.29) is 11.6 Å². The summed E-state index contributed by atoms with van der Waals surface area (Å²) in [5.74, 6) is -0.345. The summed E-state index contributed by atoms with van der Waals surface area (Å²) in [5, 5.41) is 0. The summed E-state index contributed by atoms with van der Waals surface area (Å²) in [6.45, 7) is 3.71. The predicted octanol–water partition coefficient (Wildman–Crippen LogP) is 3.93. The van der Waals surface area contributed by atoms with Gasteiger partial charge in [0.25, 0.3) is 0 Å². The van der Waals surface area contributed by atoms with Gasteiger partial charge >= 0.3 is 0 Å². The molecule has 18 heavy (non-hydrogen) atoms. The molecule has 0 N–H and O–H groups in total. The first kappa shape index (κ1) is 12.5. The van der Waals surface area contributed by atoms with Crippen LogP contribution in [0.1, 0.15) is 34.0 Å². The van der Waals surface area contributed by atoms with Crippen LogP contribution in [0.5, 0.6) is 0 Å². The van der Waals surface area contributed by atoms with Crippen molar-refractivity contribution >= 4 is 5.78 Å². The Morgan fingerprint density at radius 3 is 2.50 bits per heavy atom. The fraction of sp³-hybridized carbons (Fsp3) is 0.188. The normalized spacial score (nSPS) is 10.4. The van der Waals surface area contributed by atoms with Gasteiger partial charge in [0.15, 0.2) is 5.78 Å². The van der Waals surface area contributed by atoms with Gasteiger partial charge in [0, 0.05) is 11.1 Å². The third-order valence-corrected chi connectivity index (χ3v) is 3.02. The first-order chi connectivity index (χ1) is 8.61. The van der Waals surface area contributed by atoms with Crippen molar-refractivity contribution in [2.75, 3.05) is 0 Å². The van der Waals surface area contributed by atoms with Gasteiger partial charge in [0.2, 0.25) is 0 Å². The van der Waals surface area contributed by atoms with Crippen molar-refractivity contribution in [3.63, 3.8) is 0 Å². The second kappa shape index (κ2) is 5.13. The average Bonchev–Trinajstić information content (AvgIpc) is 2.41. The molecule has 0 saturated carbocycles. The van der Waals surface area contributed by atoms with E-state index in [0.29, 0.717) is 16.7 Å². The minimum absolute atomic E-state index is 0.0617. The van der Waals surface area contributed by atoms with Crippen LogP contribution in [0.2, 0.25) is 0 Å². The summed E-state index contributed by atoms with van der Waals surface area (Å²) in [4.78, 5) is 12.3. The van der Waals surface area contributed by atoms with Crippen LogP contribution in [0.3, 0.4) is 0 Å².